The molecule has 2 nitrogen and oxygen atoms in total. The van der Waals surface area contributed by atoms with Crippen LogP contribution in [0.25, 0.3) is 0 Å². The number of rotatable bonds is 3. The second-order valence-corrected chi connectivity index (χ2v) is 5.98. The lowest BCUT2D eigenvalue weighted by Gasteiger charge is -2.14. The largest absolute Gasteiger partial charge is 0.349 e. The highest BCUT2D eigenvalue weighted by molar-refractivity contribution is 9.10. The first kappa shape index (κ1) is 12.6. The van der Waals surface area contributed by atoms with E-state index in [0.29, 0.717) is 5.92 Å². The van der Waals surface area contributed by atoms with Crippen LogP contribution in [-0.2, 0) is 0 Å². The molecule has 2 rings (SSSR count). The first-order chi connectivity index (χ1) is 7.99. The molecule has 1 amide bonds. The van der Waals surface area contributed by atoms with Crippen LogP contribution in [0.4, 0.5) is 0 Å². The maximum atomic E-state index is 12.1. The molecule has 1 fully saturated rings. The second-order valence-electron chi connectivity index (χ2n) is 5.12. The van der Waals surface area contributed by atoms with Gasteiger partial charge in [0.05, 0.1) is 5.56 Å². The van der Waals surface area contributed by atoms with Crippen molar-refractivity contribution >= 4 is 21.8 Å². The summed E-state index contributed by atoms with van der Waals surface area (Å²) >= 11 is 3.44. The van der Waals surface area contributed by atoms with Gasteiger partial charge in [-0.15, -0.1) is 0 Å². The van der Waals surface area contributed by atoms with Crippen LogP contribution in [0.2, 0.25) is 0 Å². The lowest BCUT2D eigenvalue weighted by atomic mass is 10.1. The lowest BCUT2D eigenvalue weighted by Crippen LogP contribution is -2.34. The summed E-state index contributed by atoms with van der Waals surface area (Å²) in [5, 5.41) is 3.08. The fraction of sp³-hybridized carbons (Fsp3) is 0.500. The minimum atomic E-state index is 0.0171. The van der Waals surface area contributed by atoms with Crippen LogP contribution >= 0.6 is 15.9 Å². The van der Waals surface area contributed by atoms with Gasteiger partial charge >= 0.3 is 0 Å². The molecule has 1 aromatic rings. The number of amides is 1. The van der Waals surface area contributed by atoms with Gasteiger partial charge in [-0.3, -0.25) is 4.79 Å². The topological polar surface area (TPSA) is 29.1 Å². The van der Waals surface area contributed by atoms with E-state index in [0.717, 1.165) is 21.5 Å². The average Bonchev–Trinajstić information content (AvgIpc) is 2.95. The van der Waals surface area contributed by atoms with Crippen molar-refractivity contribution < 1.29 is 4.79 Å². The molecule has 0 bridgehead atoms. The van der Waals surface area contributed by atoms with Gasteiger partial charge in [0.2, 0.25) is 0 Å². The Morgan fingerprint density at radius 3 is 2.71 bits per heavy atom. The number of carbonyl (C=O) groups excluding carboxylic acids is 1. The smallest absolute Gasteiger partial charge is 0.252 e. The van der Waals surface area contributed by atoms with Crippen molar-refractivity contribution in [2.24, 2.45) is 11.8 Å². The highest BCUT2D eigenvalue weighted by atomic mass is 79.9. The Morgan fingerprint density at radius 2 is 2.18 bits per heavy atom. The Labute approximate surface area is 111 Å². The molecular formula is C14H18BrNO. The summed E-state index contributed by atoms with van der Waals surface area (Å²) in [6.45, 7) is 6.34. The molecule has 1 saturated carbocycles. The molecule has 17 heavy (non-hydrogen) atoms. The molecule has 1 aliphatic rings. The molecular weight excluding hydrogens is 278 g/mol. The van der Waals surface area contributed by atoms with Gasteiger partial charge in [0, 0.05) is 10.5 Å². The maximum Gasteiger partial charge on any atom is 0.252 e. The van der Waals surface area contributed by atoms with Crippen LogP contribution in [0.5, 0.6) is 0 Å². The number of hydrogen-bond acceptors (Lipinski definition) is 1. The van der Waals surface area contributed by atoms with Crippen molar-refractivity contribution in [3.63, 3.8) is 0 Å². The number of nitrogens with one attached hydrogen (secondary N) is 1. The van der Waals surface area contributed by atoms with Crippen molar-refractivity contribution in [1.29, 1.82) is 0 Å². The number of hydrogen-bond donors (Lipinski definition) is 1. The summed E-state index contributed by atoms with van der Waals surface area (Å²) in [6, 6.07) is 6.08. The van der Waals surface area contributed by atoms with Crippen LogP contribution in [-0.4, -0.2) is 11.9 Å². The van der Waals surface area contributed by atoms with Crippen LogP contribution in [0.1, 0.15) is 36.2 Å². The Hall–Kier alpha value is -0.830. The Morgan fingerprint density at radius 1 is 1.53 bits per heavy atom. The van der Waals surface area contributed by atoms with Gasteiger partial charge in [-0.1, -0.05) is 13.0 Å². The third kappa shape index (κ3) is 2.89. The third-order valence-corrected chi connectivity index (χ3v) is 4.20. The Bertz CT molecular complexity index is 444. The van der Waals surface area contributed by atoms with Crippen molar-refractivity contribution in [2.75, 3.05) is 0 Å². The van der Waals surface area contributed by atoms with E-state index in [9.17, 15) is 4.79 Å². The normalized spacial score (nSPS) is 24.2. The molecule has 3 heteroatoms. The number of aryl methyl sites for hydroxylation is 1. The minimum absolute atomic E-state index is 0.0171. The van der Waals surface area contributed by atoms with Gasteiger partial charge < -0.3 is 5.32 Å². The third-order valence-electron chi connectivity index (χ3n) is 3.54. The van der Waals surface area contributed by atoms with E-state index in [4.69, 9.17) is 0 Å². The van der Waals surface area contributed by atoms with E-state index < -0.39 is 0 Å². The molecule has 3 atom stereocenters. The van der Waals surface area contributed by atoms with Gasteiger partial charge in [0.25, 0.3) is 5.91 Å². The zero-order chi connectivity index (χ0) is 12.6. The fourth-order valence-electron chi connectivity index (χ4n) is 2.24. The quantitative estimate of drug-likeness (QED) is 0.908. The van der Waals surface area contributed by atoms with E-state index in [1.165, 1.54) is 6.42 Å². The van der Waals surface area contributed by atoms with Gasteiger partial charge in [0.1, 0.15) is 0 Å². The zero-order valence-electron chi connectivity index (χ0n) is 10.5. The molecule has 92 valence electrons. The summed E-state index contributed by atoms with van der Waals surface area (Å²) in [7, 11) is 0. The first-order valence-electron chi connectivity index (χ1n) is 6.06. The first-order valence-corrected chi connectivity index (χ1v) is 6.85. The molecule has 1 aromatic carbocycles. The molecule has 0 heterocycles. The lowest BCUT2D eigenvalue weighted by molar-refractivity contribution is 0.0934. The van der Waals surface area contributed by atoms with Gasteiger partial charge in [-0.05, 0) is 65.7 Å². The molecule has 0 aliphatic heterocycles. The predicted molar refractivity (Wildman–Crippen MR) is 73.1 cm³/mol. The summed E-state index contributed by atoms with van der Waals surface area (Å²) in [5.74, 6) is 1.43. The summed E-state index contributed by atoms with van der Waals surface area (Å²) in [4.78, 5) is 12.1. The molecule has 1 N–H and O–H groups in total. The van der Waals surface area contributed by atoms with E-state index in [-0.39, 0.29) is 11.9 Å². The van der Waals surface area contributed by atoms with Crippen LogP contribution in [0, 0.1) is 18.8 Å². The summed E-state index contributed by atoms with van der Waals surface area (Å²) in [6.07, 6.45) is 1.23. The van der Waals surface area contributed by atoms with E-state index in [1.807, 2.05) is 25.1 Å². The van der Waals surface area contributed by atoms with Crippen molar-refractivity contribution in [2.45, 2.75) is 33.2 Å². The highest BCUT2D eigenvalue weighted by Crippen LogP contribution is 2.40. The predicted octanol–water partition coefficient (Wildman–Crippen LogP) is 3.53. The van der Waals surface area contributed by atoms with E-state index in [2.05, 4.69) is 35.1 Å². The molecule has 0 spiro atoms. The molecule has 0 unspecified atom stereocenters. The average molecular weight is 296 g/mol. The van der Waals surface area contributed by atoms with Crippen LogP contribution < -0.4 is 5.32 Å². The summed E-state index contributed by atoms with van der Waals surface area (Å²) < 4.78 is 0.867. The van der Waals surface area contributed by atoms with E-state index in [1.54, 1.807) is 0 Å². The van der Waals surface area contributed by atoms with Crippen LogP contribution in [0.15, 0.2) is 22.7 Å². The van der Waals surface area contributed by atoms with E-state index >= 15 is 0 Å². The van der Waals surface area contributed by atoms with Gasteiger partial charge in [-0.25, -0.2) is 0 Å². The van der Waals surface area contributed by atoms with Crippen LogP contribution in [0.3, 0.4) is 0 Å². The van der Waals surface area contributed by atoms with Crippen molar-refractivity contribution in [1.82, 2.24) is 5.32 Å². The number of benzene rings is 1. The maximum absolute atomic E-state index is 12.1. The van der Waals surface area contributed by atoms with Gasteiger partial charge in [0.15, 0.2) is 0 Å². The monoisotopic (exact) mass is 295 g/mol. The van der Waals surface area contributed by atoms with Crippen molar-refractivity contribution in [3.8, 4) is 0 Å². The molecule has 0 saturated heterocycles. The van der Waals surface area contributed by atoms with Crippen molar-refractivity contribution in [3.05, 3.63) is 33.8 Å². The summed E-state index contributed by atoms with van der Waals surface area (Å²) in [5.41, 5.74) is 1.87. The highest BCUT2D eigenvalue weighted by Gasteiger charge is 2.37. The number of carbonyl (C=O) groups is 1. The Kier molecular flexibility index (Phi) is 3.57. The second kappa shape index (κ2) is 4.81. The Balaban J connectivity index is 2.04. The molecule has 0 aromatic heterocycles. The molecule has 0 radical (unpaired) electrons. The molecule has 1 aliphatic carbocycles. The van der Waals surface area contributed by atoms with Gasteiger partial charge in [-0.2, -0.15) is 0 Å². The zero-order valence-corrected chi connectivity index (χ0v) is 12.0. The number of halogens is 1. The fourth-order valence-corrected chi connectivity index (χ4v) is 2.92. The minimum Gasteiger partial charge on any atom is -0.349 e. The SMILES string of the molecule is Cc1ccc(C(=O)N[C@H](C)[C@@H]2C[C@@H]2C)c(Br)c1. The standard InChI is InChI=1S/C14H18BrNO/c1-8-4-5-11(13(15)6-8)14(17)16-10(3)12-7-9(12)2/h4-6,9-10,12H,7H2,1-3H3,(H,16,17)/t9-,10+,12+/m0/s1.